The summed E-state index contributed by atoms with van der Waals surface area (Å²) < 4.78 is 1.81. The Bertz CT molecular complexity index is 316. The van der Waals surface area contributed by atoms with Crippen LogP contribution in [-0.4, -0.2) is 28.4 Å². The fraction of sp³-hybridized carbons (Fsp3) is 0.556. The molecule has 4 nitrogen and oxygen atoms in total. The molecule has 1 aromatic heterocycles. The summed E-state index contributed by atoms with van der Waals surface area (Å²) in [6.45, 7) is 4.78. The first-order valence-electron chi connectivity index (χ1n) is 4.28. The van der Waals surface area contributed by atoms with Crippen molar-refractivity contribution in [2.45, 2.75) is 19.9 Å². The molecular weight excluding hydrogens is 164 g/mol. The first-order chi connectivity index (χ1) is 6.25. The normalized spacial score (nSPS) is 9.85. The fourth-order valence-corrected chi connectivity index (χ4v) is 0.929. The van der Waals surface area contributed by atoms with Gasteiger partial charge in [0.15, 0.2) is 0 Å². The van der Waals surface area contributed by atoms with Gasteiger partial charge in [0.25, 0.3) is 0 Å². The summed E-state index contributed by atoms with van der Waals surface area (Å²) >= 11 is 0. The van der Waals surface area contributed by atoms with E-state index in [4.69, 9.17) is 0 Å². The molecule has 0 spiro atoms. The van der Waals surface area contributed by atoms with Gasteiger partial charge < -0.3 is 5.32 Å². The van der Waals surface area contributed by atoms with Gasteiger partial charge in [-0.05, 0) is 26.8 Å². The molecule has 1 rings (SSSR count). The lowest BCUT2D eigenvalue weighted by Crippen LogP contribution is -2.07. The van der Waals surface area contributed by atoms with Crippen molar-refractivity contribution in [2.75, 3.05) is 13.6 Å². The molecule has 0 aliphatic rings. The Labute approximate surface area is 78.4 Å². The Hall–Kier alpha value is -1.34. The van der Waals surface area contributed by atoms with Crippen LogP contribution in [0.1, 0.15) is 25.7 Å². The van der Waals surface area contributed by atoms with Crippen LogP contribution in [-0.2, 0) is 0 Å². The van der Waals surface area contributed by atoms with Crippen LogP contribution in [0.15, 0.2) is 6.33 Å². The highest BCUT2D eigenvalue weighted by Gasteiger charge is 2.03. The zero-order valence-corrected chi connectivity index (χ0v) is 8.20. The summed E-state index contributed by atoms with van der Waals surface area (Å²) in [6, 6.07) is 0.307. The monoisotopic (exact) mass is 178 g/mol. The number of aromatic nitrogens is 3. The van der Waals surface area contributed by atoms with E-state index < -0.39 is 0 Å². The molecule has 0 radical (unpaired) electrons. The van der Waals surface area contributed by atoms with Crippen LogP contribution in [0.3, 0.4) is 0 Å². The van der Waals surface area contributed by atoms with Gasteiger partial charge in [0.05, 0.1) is 6.54 Å². The molecule has 0 unspecified atom stereocenters. The molecule has 0 aromatic carbocycles. The predicted octanol–water partition coefficient (Wildman–Crippen LogP) is 0.430. The third-order valence-electron chi connectivity index (χ3n) is 1.53. The van der Waals surface area contributed by atoms with Gasteiger partial charge in [-0.1, -0.05) is 5.92 Å². The van der Waals surface area contributed by atoms with Crippen molar-refractivity contribution in [1.29, 1.82) is 0 Å². The second-order valence-electron chi connectivity index (χ2n) is 2.95. The van der Waals surface area contributed by atoms with E-state index >= 15 is 0 Å². The summed E-state index contributed by atoms with van der Waals surface area (Å²) in [5.74, 6) is 6.63. The lowest BCUT2D eigenvalue weighted by atomic mass is 10.4. The molecule has 0 bridgehead atoms. The van der Waals surface area contributed by atoms with Gasteiger partial charge in [-0.15, -0.1) is 0 Å². The van der Waals surface area contributed by atoms with E-state index in [1.54, 1.807) is 0 Å². The highest BCUT2D eigenvalue weighted by Crippen LogP contribution is 2.02. The van der Waals surface area contributed by atoms with Gasteiger partial charge in [-0.3, -0.25) is 0 Å². The highest BCUT2D eigenvalue weighted by molar-refractivity contribution is 5.20. The molecular formula is C9H14N4. The van der Waals surface area contributed by atoms with Gasteiger partial charge in [-0.25, -0.2) is 9.67 Å². The number of nitrogens with zero attached hydrogens (tertiary/aromatic N) is 3. The van der Waals surface area contributed by atoms with Crippen molar-refractivity contribution in [1.82, 2.24) is 20.1 Å². The Morgan fingerprint density at radius 2 is 2.38 bits per heavy atom. The van der Waals surface area contributed by atoms with Crippen LogP contribution >= 0.6 is 0 Å². The van der Waals surface area contributed by atoms with Crippen LogP contribution in [0.2, 0.25) is 0 Å². The smallest absolute Gasteiger partial charge is 0.203 e. The average Bonchev–Trinajstić information content (AvgIpc) is 2.53. The Kier molecular flexibility index (Phi) is 3.47. The van der Waals surface area contributed by atoms with Crippen molar-refractivity contribution in [3.8, 4) is 11.8 Å². The Morgan fingerprint density at radius 3 is 3.00 bits per heavy atom. The summed E-state index contributed by atoms with van der Waals surface area (Å²) in [4.78, 5) is 4.06. The zero-order valence-electron chi connectivity index (χ0n) is 8.20. The lowest BCUT2D eigenvalue weighted by molar-refractivity contribution is 0.525. The van der Waals surface area contributed by atoms with Gasteiger partial charge in [0, 0.05) is 6.04 Å². The molecule has 1 heterocycles. The summed E-state index contributed by atoms with van der Waals surface area (Å²) in [6.07, 6.45) is 1.53. The Morgan fingerprint density at radius 1 is 1.62 bits per heavy atom. The maximum atomic E-state index is 4.08. The summed E-state index contributed by atoms with van der Waals surface area (Å²) in [5.41, 5.74) is 0. The van der Waals surface area contributed by atoms with Crippen LogP contribution < -0.4 is 5.32 Å². The van der Waals surface area contributed by atoms with Crippen LogP contribution in [0.4, 0.5) is 0 Å². The number of nitrogens with one attached hydrogen (secondary N) is 1. The molecule has 0 fully saturated rings. The van der Waals surface area contributed by atoms with Crippen LogP contribution in [0, 0.1) is 11.8 Å². The molecule has 0 saturated carbocycles. The maximum Gasteiger partial charge on any atom is 0.203 e. The minimum Gasteiger partial charge on any atom is -0.309 e. The lowest BCUT2D eigenvalue weighted by Gasteiger charge is -2.04. The summed E-state index contributed by atoms with van der Waals surface area (Å²) in [7, 11) is 1.86. The number of hydrogen-bond acceptors (Lipinski definition) is 3. The number of hydrogen-bond donors (Lipinski definition) is 1. The first kappa shape index (κ1) is 9.75. The molecule has 13 heavy (non-hydrogen) atoms. The van der Waals surface area contributed by atoms with Crippen molar-refractivity contribution in [3.05, 3.63) is 12.2 Å². The fourth-order valence-electron chi connectivity index (χ4n) is 0.929. The topological polar surface area (TPSA) is 42.7 Å². The van der Waals surface area contributed by atoms with Gasteiger partial charge in [0.2, 0.25) is 5.82 Å². The zero-order chi connectivity index (χ0) is 9.68. The standard InChI is InChI=1S/C9H14N4/c1-8(2)13-9(11-7-12-13)5-4-6-10-3/h7-8,10H,6H2,1-3H3. The van der Waals surface area contributed by atoms with E-state index in [1.807, 2.05) is 11.7 Å². The van der Waals surface area contributed by atoms with Crippen LogP contribution in [0.5, 0.6) is 0 Å². The molecule has 0 amide bonds. The van der Waals surface area contributed by atoms with E-state index in [9.17, 15) is 0 Å². The first-order valence-corrected chi connectivity index (χ1v) is 4.28. The maximum absolute atomic E-state index is 4.08. The van der Waals surface area contributed by atoms with E-state index in [-0.39, 0.29) is 0 Å². The van der Waals surface area contributed by atoms with E-state index in [0.29, 0.717) is 12.6 Å². The van der Waals surface area contributed by atoms with E-state index in [1.165, 1.54) is 6.33 Å². The molecule has 0 saturated heterocycles. The minimum atomic E-state index is 0.307. The largest absolute Gasteiger partial charge is 0.309 e. The molecule has 4 heteroatoms. The van der Waals surface area contributed by atoms with Gasteiger partial charge >= 0.3 is 0 Å². The quantitative estimate of drug-likeness (QED) is 0.668. The number of rotatable bonds is 2. The SMILES string of the molecule is CNCC#Cc1ncnn1C(C)C. The average molecular weight is 178 g/mol. The molecule has 1 N–H and O–H groups in total. The van der Waals surface area contributed by atoms with Gasteiger partial charge in [0.1, 0.15) is 6.33 Å². The minimum absolute atomic E-state index is 0.307. The van der Waals surface area contributed by atoms with Crippen LogP contribution in [0.25, 0.3) is 0 Å². The van der Waals surface area contributed by atoms with Crippen molar-refractivity contribution >= 4 is 0 Å². The van der Waals surface area contributed by atoms with Crippen molar-refractivity contribution in [2.24, 2.45) is 0 Å². The van der Waals surface area contributed by atoms with E-state index in [2.05, 4.69) is 41.1 Å². The third-order valence-corrected chi connectivity index (χ3v) is 1.53. The Balaban J connectivity index is 2.78. The van der Waals surface area contributed by atoms with Crippen molar-refractivity contribution < 1.29 is 0 Å². The van der Waals surface area contributed by atoms with Gasteiger partial charge in [-0.2, -0.15) is 5.10 Å². The second-order valence-corrected chi connectivity index (χ2v) is 2.95. The molecule has 0 atom stereocenters. The molecule has 1 aromatic rings. The molecule has 70 valence electrons. The highest BCUT2D eigenvalue weighted by atomic mass is 15.3. The molecule has 0 aliphatic heterocycles. The predicted molar refractivity (Wildman–Crippen MR) is 51.2 cm³/mol. The molecule has 0 aliphatic carbocycles. The second kappa shape index (κ2) is 4.63. The van der Waals surface area contributed by atoms with E-state index in [0.717, 1.165) is 5.82 Å². The summed E-state index contributed by atoms with van der Waals surface area (Å²) in [5, 5.41) is 7.02. The third kappa shape index (κ3) is 2.56. The van der Waals surface area contributed by atoms with Crippen molar-refractivity contribution in [3.63, 3.8) is 0 Å².